The van der Waals surface area contributed by atoms with Crippen LogP contribution < -0.4 is 14.4 Å². The minimum absolute atomic E-state index is 0.0978. The molecule has 39 heavy (non-hydrogen) atoms. The summed E-state index contributed by atoms with van der Waals surface area (Å²) in [6.45, 7) is 3.14. The fourth-order valence-corrected chi connectivity index (χ4v) is 6.22. The number of alkyl halides is 3. The van der Waals surface area contributed by atoms with Gasteiger partial charge < -0.3 is 9.64 Å². The zero-order valence-corrected chi connectivity index (χ0v) is 22.7. The average molecular weight is 590 g/mol. The van der Waals surface area contributed by atoms with E-state index >= 15 is 0 Å². The predicted octanol–water partition coefficient (Wildman–Crippen LogP) is 5.68. The van der Waals surface area contributed by atoms with E-state index in [2.05, 4.69) is 4.98 Å². The molecule has 1 aliphatic heterocycles. The highest BCUT2D eigenvalue weighted by molar-refractivity contribution is 7.91. The molecule has 1 saturated heterocycles. The lowest BCUT2D eigenvalue weighted by atomic mass is 9.81. The number of carbonyl (C=O) groups excluding carboxylic acids is 1. The number of nitrogens with zero attached hydrogens (tertiary/aromatic N) is 2. The molecule has 1 N–H and O–H groups in total. The van der Waals surface area contributed by atoms with Crippen molar-refractivity contribution < 1.29 is 35.5 Å². The van der Waals surface area contributed by atoms with Gasteiger partial charge in [0.05, 0.1) is 28.0 Å². The van der Waals surface area contributed by atoms with Gasteiger partial charge in [-0.05, 0) is 62.1 Å². The number of nitrogens with one attached hydrogen (secondary N) is 1. The van der Waals surface area contributed by atoms with E-state index in [4.69, 9.17) is 16.3 Å². The van der Waals surface area contributed by atoms with Gasteiger partial charge in [0.2, 0.25) is 10.0 Å². The highest BCUT2D eigenvalue weighted by Gasteiger charge is 2.39. The maximum absolute atomic E-state index is 15.0. The molecule has 1 aromatic heterocycles. The Morgan fingerprint density at radius 3 is 2.44 bits per heavy atom. The monoisotopic (exact) mass is 589 g/mol. The zero-order chi connectivity index (χ0) is 28.2. The Kier molecular flexibility index (Phi) is 7.24. The van der Waals surface area contributed by atoms with Crippen LogP contribution in [0, 0.1) is 11.2 Å². The van der Waals surface area contributed by atoms with Crippen molar-refractivity contribution in [3.8, 4) is 5.75 Å². The summed E-state index contributed by atoms with van der Waals surface area (Å²) < 4.78 is 87.1. The van der Waals surface area contributed by atoms with Crippen molar-refractivity contribution in [3.63, 3.8) is 0 Å². The Hall–Kier alpha value is -2.60. The van der Waals surface area contributed by atoms with Crippen LogP contribution >= 0.6 is 11.6 Å². The summed E-state index contributed by atoms with van der Waals surface area (Å²) >= 11 is 5.69. The van der Waals surface area contributed by atoms with Crippen LogP contribution in [0.2, 0.25) is 5.02 Å². The van der Waals surface area contributed by atoms with E-state index in [-0.39, 0.29) is 29.3 Å². The Morgan fingerprint density at radius 2 is 1.85 bits per heavy atom. The van der Waals surface area contributed by atoms with Crippen molar-refractivity contribution in [2.45, 2.75) is 62.8 Å². The van der Waals surface area contributed by atoms with E-state index < -0.39 is 43.8 Å². The highest BCUT2D eigenvalue weighted by Crippen LogP contribution is 2.46. The third kappa shape index (κ3) is 6.26. The lowest BCUT2D eigenvalue weighted by molar-refractivity contribution is -0.137. The number of halogens is 5. The number of benzene rings is 1. The number of amides is 1. The van der Waals surface area contributed by atoms with Gasteiger partial charge in [0.25, 0.3) is 5.91 Å². The molecule has 1 aromatic carbocycles. The first kappa shape index (κ1) is 27.9. The average Bonchev–Trinajstić information content (AvgIpc) is 3.75. The van der Waals surface area contributed by atoms with Crippen LogP contribution in [-0.2, 0) is 16.2 Å². The molecule has 0 atom stereocenters. The molecule has 0 bridgehead atoms. The topological polar surface area (TPSA) is 88.6 Å². The van der Waals surface area contributed by atoms with Gasteiger partial charge in [0, 0.05) is 30.8 Å². The van der Waals surface area contributed by atoms with Crippen molar-refractivity contribution in [1.29, 1.82) is 0 Å². The molecule has 7 nitrogen and oxygen atoms in total. The molecule has 3 fully saturated rings. The van der Waals surface area contributed by atoms with Crippen LogP contribution in [0.5, 0.6) is 5.75 Å². The van der Waals surface area contributed by atoms with Gasteiger partial charge in [-0.15, -0.1) is 0 Å². The molecule has 5 rings (SSSR count). The lowest BCUT2D eigenvalue weighted by Gasteiger charge is -2.40. The molecule has 2 aliphatic carbocycles. The molecule has 0 spiro atoms. The van der Waals surface area contributed by atoms with Crippen LogP contribution in [0.15, 0.2) is 24.4 Å². The van der Waals surface area contributed by atoms with Crippen molar-refractivity contribution in [2.75, 3.05) is 24.6 Å². The Balaban J connectivity index is 1.25. The molecule has 3 aliphatic rings. The fourth-order valence-electron chi connectivity index (χ4n) is 4.72. The Morgan fingerprint density at radius 1 is 1.18 bits per heavy atom. The molecule has 212 valence electrons. The molecule has 0 unspecified atom stereocenters. The van der Waals surface area contributed by atoms with Crippen molar-refractivity contribution in [1.82, 2.24) is 9.71 Å². The van der Waals surface area contributed by atoms with E-state index in [9.17, 15) is 30.8 Å². The summed E-state index contributed by atoms with van der Waals surface area (Å²) in [6.07, 6.45) is 0.282. The van der Waals surface area contributed by atoms with E-state index in [1.165, 1.54) is 6.07 Å². The second-order valence-corrected chi connectivity index (χ2v) is 13.3. The second kappa shape index (κ2) is 10.1. The zero-order valence-electron chi connectivity index (χ0n) is 21.2. The summed E-state index contributed by atoms with van der Waals surface area (Å²) in [5, 5.41) is -1.06. The van der Waals surface area contributed by atoms with Gasteiger partial charge in [-0.3, -0.25) is 4.79 Å². The summed E-state index contributed by atoms with van der Waals surface area (Å²) in [7, 11) is -3.82. The molecular weight excluding hydrogens is 562 g/mol. The molecule has 1 amide bonds. The van der Waals surface area contributed by atoms with Gasteiger partial charge in [-0.2, -0.15) is 13.2 Å². The van der Waals surface area contributed by atoms with Crippen LogP contribution in [0.3, 0.4) is 0 Å². The number of ether oxygens (including phenoxy) is 1. The number of carbonyl (C=O) groups is 1. The van der Waals surface area contributed by atoms with Crippen LogP contribution in [0.1, 0.15) is 72.9 Å². The van der Waals surface area contributed by atoms with Gasteiger partial charge in [-0.25, -0.2) is 22.5 Å². The molecule has 0 radical (unpaired) electrons. The normalized spacial score (nSPS) is 19.6. The first-order chi connectivity index (χ1) is 18.3. The first-order valence-corrected chi connectivity index (χ1v) is 14.7. The SMILES string of the molecule is CC1(COc2cc(F)c(C(=O)NS(=O)(=O)C3CC3)cc2C2CC2)CCN(c2cc(C(F)(F)F)c(Cl)cn2)CC1. The number of anilines is 1. The summed E-state index contributed by atoms with van der Waals surface area (Å²) in [4.78, 5) is 18.4. The molecular formula is C26H28ClF4N3O4S. The van der Waals surface area contributed by atoms with Crippen LogP contribution in [0.4, 0.5) is 23.4 Å². The van der Waals surface area contributed by atoms with E-state index in [1.54, 1.807) is 4.90 Å². The molecule has 2 heterocycles. The van der Waals surface area contributed by atoms with Crippen molar-refractivity contribution >= 4 is 33.3 Å². The number of sulfonamides is 1. The van der Waals surface area contributed by atoms with Gasteiger partial charge in [0.1, 0.15) is 17.4 Å². The number of piperidine rings is 1. The first-order valence-electron chi connectivity index (χ1n) is 12.8. The highest BCUT2D eigenvalue weighted by atomic mass is 35.5. The Bertz CT molecular complexity index is 1390. The fraction of sp³-hybridized carbons (Fsp3) is 0.538. The quantitative estimate of drug-likeness (QED) is 0.399. The Labute approximate surface area is 228 Å². The van der Waals surface area contributed by atoms with Gasteiger partial charge in [-0.1, -0.05) is 18.5 Å². The standard InChI is InChI=1S/C26H28ClF4N3O4S/c1-25(6-8-34(9-7-25)23-11-19(26(29,30)31)20(27)13-32-23)14-38-22-12-21(28)18(10-17(22)15-2-3-15)24(35)33-39(36,37)16-4-5-16/h10-13,15-16H,2-9,14H2,1H3,(H,33,35). The van der Waals surface area contributed by atoms with Crippen LogP contribution in [-0.4, -0.2) is 44.3 Å². The smallest absolute Gasteiger partial charge is 0.418 e. The lowest BCUT2D eigenvalue weighted by Crippen LogP contribution is -2.42. The minimum Gasteiger partial charge on any atom is -0.493 e. The minimum atomic E-state index is -4.58. The van der Waals surface area contributed by atoms with Crippen molar-refractivity contribution in [2.24, 2.45) is 5.41 Å². The summed E-state index contributed by atoms with van der Waals surface area (Å²) in [5.74, 6) is -1.25. The van der Waals surface area contributed by atoms with E-state index in [0.29, 0.717) is 50.1 Å². The second-order valence-electron chi connectivity index (χ2n) is 10.9. The van der Waals surface area contributed by atoms with Crippen LogP contribution in [0.25, 0.3) is 0 Å². The van der Waals surface area contributed by atoms with Crippen molar-refractivity contribution in [3.05, 3.63) is 51.9 Å². The number of hydrogen-bond donors (Lipinski definition) is 1. The third-order valence-electron chi connectivity index (χ3n) is 7.58. The summed E-state index contributed by atoms with van der Waals surface area (Å²) in [5.41, 5.74) is -0.928. The third-order valence-corrected chi connectivity index (χ3v) is 9.70. The number of hydrogen-bond acceptors (Lipinski definition) is 6. The van der Waals surface area contributed by atoms with E-state index in [1.807, 2.05) is 11.6 Å². The largest absolute Gasteiger partial charge is 0.493 e. The molecule has 2 aromatic rings. The maximum Gasteiger partial charge on any atom is 0.418 e. The van der Waals surface area contributed by atoms with Gasteiger partial charge >= 0.3 is 6.18 Å². The number of pyridine rings is 1. The predicted molar refractivity (Wildman–Crippen MR) is 137 cm³/mol. The van der Waals surface area contributed by atoms with Gasteiger partial charge in [0.15, 0.2) is 0 Å². The molecule has 13 heteroatoms. The maximum atomic E-state index is 15.0. The molecule has 2 saturated carbocycles. The summed E-state index contributed by atoms with van der Waals surface area (Å²) in [6, 6.07) is 3.48. The number of aromatic nitrogens is 1. The van der Waals surface area contributed by atoms with E-state index in [0.717, 1.165) is 31.2 Å². The number of rotatable bonds is 8.